The maximum Gasteiger partial charge on any atom is 0.266 e. The molecular weight excluding hydrogens is 321 g/mol. The number of fused-ring (bicyclic) bond motifs is 1. The van der Waals surface area contributed by atoms with Crippen LogP contribution in [0.25, 0.3) is 11.2 Å². The highest BCUT2D eigenvalue weighted by Gasteiger charge is 2.39. The molecule has 9 heteroatoms. The van der Waals surface area contributed by atoms with Gasteiger partial charge in [-0.05, 0) is 24.3 Å². The monoisotopic (exact) mass is 334 g/mol. The highest BCUT2D eigenvalue weighted by atomic mass is 19.3. The summed E-state index contributed by atoms with van der Waals surface area (Å²) in [6.07, 6.45) is 1.23. The Morgan fingerprint density at radius 1 is 1.17 bits per heavy atom. The minimum absolute atomic E-state index is 0.203. The molecule has 2 N–H and O–H groups in total. The molecule has 1 fully saturated rings. The SMILES string of the molecule is Fc1ccc(Nc2nc(N3CCC(F)(F)C3)c3[nH]cnc3n2)cc1. The van der Waals surface area contributed by atoms with E-state index in [4.69, 9.17) is 0 Å². The third kappa shape index (κ3) is 2.72. The topological polar surface area (TPSA) is 69.7 Å². The number of nitrogens with zero attached hydrogens (tertiary/aromatic N) is 4. The summed E-state index contributed by atoms with van der Waals surface area (Å²) < 4.78 is 40.0. The summed E-state index contributed by atoms with van der Waals surface area (Å²) in [5.41, 5.74) is 1.47. The van der Waals surface area contributed by atoms with Crippen LogP contribution < -0.4 is 10.2 Å². The summed E-state index contributed by atoms with van der Waals surface area (Å²) in [4.78, 5) is 17.1. The molecule has 24 heavy (non-hydrogen) atoms. The molecule has 1 aromatic carbocycles. The van der Waals surface area contributed by atoms with Crippen molar-refractivity contribution in [2.75, 3.05) is 23.3 Å². The Bertz CT molecular complexity index is 877. The van der Waals surface area contributed by atoms with E-state index in [1.54, 1.807) is 0 Å². The van der Waals surface area contributed by atoms with Gasteiger partial charge in [0.15, 0.2) is 11.5 Å². The Hall–Kier alpha value is -2.84. The Morgan fingerprint density at radius 2 is 1.96 bits per heavy atom. The molecule has 3 heterocycles. The van der Waals surface area contributed by atoms with Gasteiger partial charge in [-0.2, -0.15) is 9.97 Å². The molecule has 1 aliphatic heterocycles. The first-order valence-corrected chi connectivity index (χ1v) is 7.37. The first-order valence-electron chi connectivity index (χ1n) is 7.37. The zero-order chi connectivity index (χ0) is 16.7. The number of rotatable bonds is 3. The molecule has 1 saturated heterocycles. The van der Waals surface area contributed by atoms with Gasteiger partial charge in [0.2, 0.25) is 5.95 Å². The van der Waals surface area contributed by atoms with Gasteiger partial charge in [-0.3, -0.25) is 0 Å². The van der Waals surface area contributed by atoms with E-state index >= 15 is 0 Å². The maximum atomic E-state index is 13.5. The van der Waals surface area contributed by atoms with Gasteiger partial charge in [-0.1, -0.05) is 0 Å². The van der Waals surface area contributed by atoms with Gasteiger partial charge < -0.3 is 15.2 Å². The quantitative estimate of drug-likeness (QED) is 0.770. The van der Waals surface area contributed by atoms with E-state index in [0.717, 1.165) is 0 Å². The van der Waals surface area contributed by atoms with E-state index in [1.165, 1.54) is 35.5 Å². The minimum atomic E-state index is -2.73. The van der Waals surface area contributed by atoms with Crippen LogP contribution in [0.2, 0.25) is 0 Å². The molecule has 0 aliphatic carbocycles. The fourth-order valence-electron chi connectivity index (χ4n) is 2.68. The first-order chi connectivity index (χ1) is 11.5. The number of imidazole rings is 1. The van der Waals surface area contributed by atoms with E-state index in [2.05, 4.69) is 25.3 Å². The number of nitrogens with one attached hydrogen (secondary N) is 2. The lowest BCUT2D eigenvalue weighted by Gasteiger charge is -2.18. The summed E-state index contributed by atoms with van der Waals surface area (Å²) in [5.74, 6) is -2.50. The molecular formula is C15H13F3N6. The molecule has 0 unspecified atom stereocenters. The molecule has 1 aliphatic rings. The van der Waals surface area contributed by atoms with Crippen molar-refractivity contribution >= 4 is 28.6 Å². The van der Waals surface area contributed by atoms with E-state index in [1.807, 2.05) is 0 Å². The summed E-state index contributed by atoms with van der Waals surface area (Å²) in [6.45, 7) is -0.192. The van der Waals surface area contributed by atoms with E-state index in [-0.39, 0.29) is 24.7 Å². The molecule has 0 saturated carbocycles. The number of benzene rings is 1. The molecule has 6 nitrogen and oxygen atoms in total. The van der Waals surface area contributed by atoms with Gasteiger partial charge in [0.1, 0.15) is 11.3 Å². The summed E-state index contributed by atoms with van der Waals surface area (Å²) >= 11 is 0. The van der Waals surface area contributed by atoms with Gasteiger partial charge in [-0.25, -0.2) is 18.2 Å². The van der Waals surface area contributed by atoms with Crippen LogP contribution in [-0.2, 0) is 0 Å². The second-order valence-corrected chi connectivity index (χ2v) is 5.63. The van der Waals surface area contributed by atoms with Crippen LogP contribution in [0.3, 0.4) is 0 Å². The van der Waals surface area contributed by atoms with Crippen LogP contribution in [0.4, 0.5) is 30.6 Å². The average molecular weight is 334 g/mol. The number of hydrogen-bond acceptors (Lipinski definition) is 5. The molecule has 124 valence electrons. The summed E-state index contributed by atoms with van der Waals surface area (Å²) in [6, 6.07) is 5.68. The molecule has 3 aromatic rings. The lowest BCUT2D eigenvalue weighted by atomic mass is 10.3. The number of halogens is 3. The number of anilines is 3. The Morgan fingerprint density at radius 3 is 2.67 bits per heavy atom. The van der Waals surface area contributed by atoms with Crippen molar-refractivity contribution in [3.05, 3.63) is 36.4 Å². The standard InChI is InChI=1S/C15H13F3N6/c16-9-1-3-10(4-2-9)21-14-22-12-11(19-8-20-12)13(23-14)24-6-5-15(17,18)7-24/h1-4,8H,5-7H2,(H2,19,20,21,22,23). The second-order valence-electron chi connectivity index (χ2n) is 5.63. The molecule has 4 rings (SSSR count). The smallest absolute Gasteiger partial charge is 0.266 e. The van der Waals surface area contributed by atoms with Crippen molar-refractivity contribution < 1.29 is 13.2 Å². The number of aromatic nitrogens is 4. The molecule has 0 atom stereocenters. The molecule has 0 spiro atoms. The zero-order valence-corrected chi connectivity index (χ0v) is 12.4. The van der Waals surface area contributed by atoms with Crippen LogP contribution in [0.5, 0.6) is 0 Å². The van der Waals surface area contributed by atoms with Gasteiger partial charge in [-0.15, -0.1) is 0 Å². The normalized spacial score (nSPS) is 16.7. The van der Waals surface area contributed by atoms with E-state index in [0.29, 0.717) is 22.7 Å². The molecule has 0 radical (unpaired) electrons. The van der Waals surface area contributed by atoms with Crippen molar-refractivity contribution in [3.63, 3.8) is 0 Å². The predicted octanol–water partition coefficient (Wildman–Crippen LogP) is 3.08. The largest absolute Gasteiger partial charge is 0.348 e. The van der Waals surface area contributed by atoms with Crippen molar-refractivity contribution in [2.45, 2.75) is 12.3 Å². The molecule has 0 bridgehead atoms. The minimum Gasteiger partial charge on any atom is -0.348 e. The van der Waals surface area contributed by atoms with Crippen molar-refractivity contribution in [3.8, 4) is 0 Å². The Kier molecular flexibility index (Phi) is 3.29. The lowest BCUT2D eigenvalue weighted by Crippen LogP contribution is -2.26. The third-order valence-corrected chi connectivity index (χ3v) is 3.84. The number of hydrogen-bond donors (Lipinski definition) is 2. The zero-order valence-electron chi connectivity index (χ0n) is 12.4. The van der Waals surface area contributed by atoms with Crippen molar-refractivity contribution in [2.24, 2.45) is 0 Å². The Balaban J connectivity index is 1.71. The lowest BCUT2D eigenvalue weighted by molar-refractivity contribution is 0.0257. The van der Waals surface area contributed by atoms with E-state index in [9.17, 15) is 13.2 Å². The highest BCUT2D eigenvalue weighted by molar-refractivity contribution is 5.85. The van der Waals surface area contributed by atoms with Gasteiger partial charge >= 0.3 is 0 Å². The maximum absolute atomic E-state index is 13.5. The van der Waals surface area contributed by atoms with Gasteiger partial charge in [0.05, 0.1) is 12.9 Å². The van der Waals surface area contributed by atoms with Crippen LogP contribution in [0, 0.1) is 5.82 Å². The fraction of sp³-hybridized carbons (Fsp3) is 0.267. The molecule has 2 aromatic heterocycles. The van der Waals surface area contributed by atoms with Gasteiger partial charge in [0.25, 0.3) is 5.92 Å². The average Bonchev–Trinajstić information content (AvgIpc) is 3.15. The fourth-order valence-corrected chi connectivity index (χ4v) is 2.68. The molecule has 0 amide bonds. The van der Waals surface area contributed by atoms with Crippen molar-refractivity contribution in [1.29, 1.82) is 0 Å². The second kappa shape index (κ2) is 5.36. The van der Waals surface area contributed by atoms with Crippen LogP contribution in [0.15, 0.2) is 30.6 Å². The first kappa shape index (κ1) is 14.7. The number of alkyl halides is 2. The van der Waals surface area contributed by atoms with Gasteiger partial charge in [0, 0.05) is 18.7 Å². The number of H-pyrrole nitrogens is 1. The third-order valence-electron chi connectivity index (χ3n) is 3.84. The highest BCUT2D eigenvalue weighted by Crippen LogP contribution is 2.33. The van der Waals surface area contributed by atoms with Crippen molar-refractivity contribution in [1.82, 2.24) is 19.9 Å². The summed E-state index contributed by atoms with van der Waals surface area (Å²) in [5, 5.41) is 2.94. The van der Waals surface area contributed by atoms with Crippen LogP contribution in [0.1, 0.15) is 6.42 Å². The van der Waals surface area contributed by atoms with Crippen LogP contribution >= 0.6 is 0 Å². The predicted molar refractivity (Wildman–Crippen MR) is 83.1 cm³/mol. The van der Waals surface area contributed by atoms with E-state index < -0.39 is 12.5 Å². The Labute approximate surface area is 134 Å². The number of aromatic amines is 1. The summed E-state index contributed by atoms with van der Waals surface area (Å²) in [7, 11) is 0. The van der Waals surface area contributed by atoms with Crippen LogP contribution in [-0.4, -0.2) is 38.9 Å².